The molecule has 0 unspecified atom stereocenters. The van der Waals surface area contributed by atoms with E-state index in [1.54, 1.807) is 0 Å². The molecular weight excluding hydrogens is 691 g/mol. The second-order valence-electron chi connectivity index (χ2n) is 15.7. The third-order valence-electron chi connectivity index (χ3n) is 12.1. The standard InChI is InChI=1S/C55H39NO/c1-55(2)49-23-11-10-19-45(49)46-33-32-42(35-50(46)55)56(41-30-28-38(29-31-41)36-14-4-3-5-15-36)51-24-12-22-48-44-18-8-9-20-47(44)53-43(21-13-25-52(53)57-54(48)51)40-27-26-37-16-6-7-17-39(37)34-40/h3-35H,1-2H3. The second-order valence-corrected chi connectivity index (χ2v) is 15.7. The Bertz CT molecular complexity index is 3010. The van der Waals surface area contributed by atoms with Gasteiger partial charge in [0.25, 0.3) is 0 Å². The number of benzene rings is 9. The first-order chi connectivity index (χ1) is 28.0. The maximum absolute atomic E-state index is 7.33. The van der Waals surface area contributed by atoms with Crippen molar-refractivity contribution in [3.05, 3.63) is 211 Å². The molecule has 11 rings (SSSR count). The predicted octanol–water partition coefficient (Wildman–Crippen LogP) is 15.4. The summed E-state index contributed by atoms with van der Waals surface area (Å²) in [6.07, 6.45) is 0. The third-order valence-corrected chi connectivity index (χ3v) is 12.1. The van der Waals surface area contributed by atoms with E-state index in [2.05, 4.69) is 219 Å². The van der Waals surface area contributed by atoms with Crippen molar-refractivity contribution in [2.75, 3.05) is 4.90 Å². The highest BCUT2D eigenvalue weighted by molar-refractivity contribution is 6.01. The molecule has 0 spiro atoms. The molecule has 0 aromatic heterocycles. The molecule has 9 aromatic carbocycles. The highest BCUT2D eigenvalue weighted by Gasteiger charge is 2.36. The second kappa shape index (κ2) is 13.0. The first-order valence-electron chi connectivity index (χ1n) is 19.8. The third kappa shape index (κ3) is 5.33. The van der Waals surface area contributed by atoms with Gasteiger partial charge in [0.1, 0.15) is 5.75 Å². The normalized spacial score (nSPS) is 13.0. The fourth-order valence-corrected chi connectivity index (χ4v) is 9.25. The Morgan fingerprint density at radius 3 is 1.84 bits per heavy atom. The summed E-state index contributed by atoms with van der Waals surface area (Å²) < 4.78 is 7.33. The van der Waals surface area contributed by atoms with Gasteiger partial charge in [0.05, 0.1) is 5.69 Å². The first kappa shape index (κ1) is 33.2. The molecule has 9 aromatic rings. The van der Waals surface area contributed by atoms with Crippen molar-refractivity contribution < 1.29 is 4.74 Å². The number of para-hydroxylation sites is 1. The summed E-state index contributed by atoms with van der Waals surface area (Å²) in [4.78, 5) is 2.38. The molecule has 0 amide bonds. The molecular formula is C55H39NO. The average molecular weight is 730 g/mol. The summed E-state index contributed by atoms with van der Waals surface area (Å²) in [7, 11) is 0. The molecule has 1 aliphatic heterocycles. The molecule has 1 heterocycles. The van der Waals surface area contributed by atoms with Crippen molar-refractivity contribution in [1.29, 1.82) is 0 Å². The zero-order valence-corrected chi connectivity index (χ0v) is 31.9. The van der Waals surface area contributed by atoms with Crippen LogP contribution in [-0.2, 0) is 5.41 Å². The zero-order chi connectivity index (χ0) is 38.1. The summed E-state index contributed by atoms with van der Waals surface area (Å²) in [6.45, 7) is 4.69. The number of fused-ring (bicyclic) bond motifs is 9. The number of anilines is 3. The largest absolute Gasteiger partial charge is 0.454 e. The number of nitrogens with zero attached hydrogens (tertiary/aromatic N) is 1. The van der Waals surface area contributed by atoms with Crippen LogP contribution in [0.25, 0.3) is 66.4 Å². The van der Waals surface area contributed by atoms with Crippen LogP contribution < -0.4 is 9.64 Å². The Labute approximate surface area is 333 Å². The van der Waals surface area contributed by atoms with E-state index in [-0.39, 0.29) is 5.41 Å². The summed E-state index contributed by atoms with van der Waals surface area (Å²) >= 11 is 0. The summed E-state index contributed by atoms with van der Waals surface area (Å²) in [5, 5.41) is 2.45. The molecule has 0 radical (unpaired) electrons. The summed E-state index contributed by atoms with van der Waals surface area (Å²) in [5.41, 5.74) is 17.4. The van der Waals surface area contributed by atoms with Crippen molar-refractivity contribution in [2.24, 2.45) is 0 Å². The van der Waals surface area contributed by atoms with Crippen LogP contribution in [-0.4, -0.2) is 0 Å². The van der Waals surface area contributed by atoms with Gasteiger partial charge in [-0.2, -0.15) is 0 Å². The van der Waals surface area contributed by atoms with Crippen molar-refractivity contribution >= 4 is 27.8 Å². The lowest BCUT2D eigenvalue weighted by molar-refractivity contribution is 0.489. The van der Waals surface area contributed by atoms with E-state index in [9.17, 15) is 0 Å². The molecule has 270 valence electrons. The Morgan fingerprint density at radius 2 is 1.00 bits per heavy atom. The summed E-state index contributed by atoms with van der Waals surface area (Å²) in [5.74, 6) is 1.67. The fraction of sp³-hybridized carbons (Fsp3) is 0.0545. The van der Waals surface area contributed by atoms with Crippen LogP contribution in [0.4, 0.5) is 17.1 Å². The molecule has 0 saturated heterocycles. The SMILES string of the molecule is CC1(C)c2ccccc2-c2ccc(N(c3ccc(-c4ccccc4)cc3)c3cccc4c3Oc3cccc(-c5ccc6ccccc6c5)c3-c3ccccc3-4)cc21. The molecule has 0 bridgehead atoms. The van der Waals surface area contributed by atoms with Crippen molar-refractivity contribution in [3.63, 3.8) is 0 Å². The molecule has 0 N–H and O–H groups in total. The maximum Gasteiger partial charge on any atom is 0.159 e. The van der Waals surface area contributed by atoms with Crippen LogP contribution in [0.1, 0.15) is 25.0 Å². The van der Waals surface area contributed by atoms with Gasteiger partial charge in [0.15, 0.2) is 5.75 Å². The first-order valence-corrected chi connectivity index (χ1v) is 19.8. The molecule has 0 atom stereocenters. The highest BCUT2D eigenvalue weighted by Crippen LogP contribution is 2.56. The smallest absolute Gasteiger partial charge is 0.159 e. The van der Waals surface area contributed by atoms with Crippen LogP contribution in [0.5, 0.6) is 11.5 Å². The van der Waals surface area contributed by atoms with Crippen LogP contribution >= 0.6 is 0 Å². The highest BCUT2D eigenvalue weighted by atomic mass is 16.5. The number of ether oxygens (including phenoxy) is 1. The Kier molecular flexibility index (Phi) is 7.55. The molecule has 2 heteroatoms. The topological polar surface area (TPSA) is 12.5 Å². The Morgan fingerprint density at radius 1 is 0.386 bits per heavy atom. The van der Waals surface area contributed by atoms with Crippen molar-refractivity contribution in [2.45, 2.75) is 19.3 Å². The van der Waals surface area contributed by atoms with E-state index in [0.29, 0.717) is 0 Å². The molecule has 0 saturated carbocycles. The number of hydrogen-bond donors (Lipinski definition) is 0. The van der Waals surface area contributed by atoms with Gasteiger partial charge in [-0.15, -0.1) is 0 Å². The fourth-order valence-electron chi connectivity index (χ4n) is 9.25. The number of hydrogen-bond acceptors (Lipinski definition) is 2. The van der Waals surface area contributed by atoms with Gasteiger partial charge < -0.3 is 9.64 Å². The molecule has 57 heavy (non-hydrogen) atoms. The molecule has 2 nitrogen and oxygen atoms in total. The molecule has 2 aliphatic rings. The van der Waals surface area contributed by atoms with Gasteiger partial charge in [-0.05, 0) is 109 Å². The van der Waals surface area contributed by atoms with Gasteiger partial charge in [0, 0.05) is 27.9 Å². The minimum Gasteiger partial charge on any atom is -0.454 e. The van der Waals surface area contributed by atoms with E-state index in [4.69, 9.17) is 4.74 Å². The number of rotatable bonds is 5. The lowest BCUT2D eigenvalue weighted by atomic mass is 9.82. The van der Waals surface area contributed by atoms with Gasteiger partial charge in [0.2, 0.25) is 0 Å². The van der Waals surface area contributed by atoms with Crippen LogP contribution in [0.3, 0.4) is 0 Å². The minimum absolute atomic E-state index is 0.147. The van der Waals surface area contributed by atoms with Crippen molar-refractivity contribution in [1.82, 2.24) is 0 Å². The van der Waals surface area contributed by atoms with E-state index >= 15 is 0 Å². The van der Waals surface area contributed by atoms with Gasteiger partial charge in [-0.25, -0.2) is 0 Å². The van der Waals surface area contributed by atoms with Gasteiger partial charge >= 0.3 is 0 Å². The minimum atomic E-state index is -0.147. The summed E-state index contributed by atoms with van der Waals surface area (Å²) in [6, 6.07) is 72.5. The van der Waals surface area contributed by atoms with Crippen LogP contribution in [0.15, 0.2) is 200 Å². The van der Waals surface area contributed by atoms with Gasteiger partial charge in [-0.1, -0.05) is 172 Å². The maximum atomic E-state index is 7.33. The monoisotopic (exact) mass is 729 g/mol. The molecule has 1 aliphatic carbocycles. The van der Waals surface area contributed by atoms with Crippen LogP contribution in [0, 0.1) is 0 Å². The average Bonchev–Trinajstić information content (AvgIpc) is 3.39. The predicted molar refractivity (Wildman–Crippen MR) is 238 cm³/mol. The van der Waals surface area contributed by atoms with E-state index in [1.807, 2.05) is 0 Å². The van der Waals surface area contributed by atoms with Crippen LogP contribution in [0.2, 0.25) is 0 Å². The van der Waals surface area contributed by atoms with Gasteiger partial charge in [-0.3, -0.25) is 0 Å². The lowest BCUT2D eigenvalue weighted by Crippen LogP contribution is -2.17. The van der Waals surface area contributed by atoms with E-state index in [0.717, 1.165) is 61.9 Å². The Hall–Kier alpha value is -7.16. The zero-order valence-electron chi connectivity index (χ0n) is 31.9. The lowest BCUT2D eigenvalue weighted by Gasteiger charge is -2.30. The quantitative estimate of drug-likeness (QED) is 0.175. The van der Waals surface area contributed by atoms with E-state index in [1.165, 1.54) is 44.2 Å². The Balaban J connectivity index is 1.12. The van der Waals surface area contributed by atoms with Crippen molar-refractivity contribution in [3.8, 4) is 67.1 Å². The van der Waals surface area contributed by atoms with E-state index < -0.39 is 0 Å². The molecule has 0 fully saturated rings.